The van der Waals surface area contributed by atoms with Crippen LogP contribution in [0.4, 0.5) is 0 Å². The van der Waals surface area contributed by atoms with E-state index in [0.29, 0.717) is 45.8 Å². The fourth-order valence-corrected chi connectivity index (χ4v) is 2.49. The minimum atomic E-state index is -0.261. The standard InChI is InChI=1S/C20H31NO4/c1-4-24-16-6-14-21(15-13-20(23)25-5-2)19(22)12-11-18-9-7-17(3)8-10-18/h7-10H,4-6,11-16H2,1-3H3. The molecular weight excluding hydrogens is 318 g/mol. The molecule has 0 saturated heterocycles. The number of hydrogen-bond donors (Lipinski definition) is 0. The maximum atomic E-state index is 12.6. The van der Waals surface area contributed by atoms with Crippen LogP contribution in [-0.4, -0.2) is 49.7 Å². The molecule has 0 radical (unpaired) electrons. The molecule has 25 heavy (non-hydrogen) atoms. The maximum absolute atomic E-state index is 12.6. The molecule has 0 aliphatic carbocycles. The van der Waals surface area contributed by atoms with Gasteiger partial charge in [-0.15, -0.1) is 0 Å². The molecule has 5 heteroatoms. The van der Waals surface area contributed by atoms with Crippen molar-refractivity contribution in [3.63, 3.8) is 0 Å². The van der Waals surface area contributed by atoms with E-state index in [1.165, 1.54) is 5.56 Å². The number of amides is 1. The van der Waals surface area contributed by atoms with Crippen LogP contribution in [0, 0.1) is 6.92 Å². The predicted octanol–water partition coefficient (Wildman–Crippen LogP) is 3.14. The second-order valence-corrected chi connectivity index (χ2v) is 5.97. The summed E-state index contributed by atoms with van der Waals surface area (Å²) in [6, 6.07) is 8.22. The molecule has 1 aromatic rings. The Kier molecular flexibility index (Phi) is 10.6. The Labute approximate surface area is 151 Å². The number of benzene rings is 1. The smallest absolute Gasteiger partial charge is 0.307 e. The van der Waals surface area contributed by atoms with Crippen molar-refractivity contribution < 1.29 is 19.1 Å². The molecule has 0 spiro atoms. The fraction of sp³-hybridized carbons (Fsp3) is 0.600. The number of nitrogens with zero attached hydrogens (tertiary/aromatic N) is 1. The van der Waals surface area contributed by atoms with Crippen molar-refractivity contribution in [3.05, 3.63) is 35.4 Å². The van der Waals surface area contributed by atoms with Gasteiger partial charge in [0.15, 0.2) is 0 Å². The number of hydrogen-bond acceptors (Lipinski definition) is 4. The van der Waals surface area contributed by atoms with Crippen LogP contribution in [0.3, 0.4) is 0 Å². The first kappa shape index (κ1) is 21.2. The van der Waals surface area contributed by atoms with Crippen molar-refractivity contribution in [3.8, 4) is 0 Å². The van der Waals surface area contributed by atoms with Crippen LogP contribution in [0.15, 0.2) is 24.3 Å². The average molecular weight is 349 g/mol. The van der Waals surface area contributed by atoms with E-state index >= 15 is 0 Å². The highest BCUT2D eigenvalue weighted by atomic mass is 16.5. The van der Waals surface area contributed by atoms with Gasteiger partial charge in [-0.25, -0.2) is 0 Å². The van der Waals surface area contributed by atoms with Crippen molar-refractivity contribution in [2.75, 3.05) is 32.9 Å². The van der Waals surface area contributed by atoms with Crippen LogP contribution in [0.25, 0.3) is 0 Å². The number of esters is 1. The summed E-state index contributed by atoms with van der Waals surface area (Å²) in [7, 11) is 0. The van der Waals surface area contributed by atoms with E-state index in [0.717, 1.165) is 12.0 Å². The van der Waals surface area contributed by atoms with Gasteiger partial charge in [-0.3, -0.25) is 9.59 Å². The summed E-state index contributed by atoms with van der Waals surface area (Å²) < 4.78 is 10.3. The number of aryl methyl sites for hydroxylation is 2. The van der Waals surface area contributed by atoms with Crippen LogP contribution >= 0.6 is 0 Å². The molecule has 0 aromatic heterocycles. The molecule has 140 valence electrons. The lowest BCUT2D eigenvalue weighted by Crippen LogP contribution is -2.34. The Bertz CT molecular complexity index is 513. The third-order valence-corrected chi connectivity index (χ3v) is 3.91. The number of ether oxygens (including phenoxy) is 2. The summed E-state index contributed by atoms with van der Waals surface area (Å²) in [4.78, 5) is 25.9. The molecule has 0 unspecified atom stereocenters. The van der Waals surface area contributed by atoms with E-state index in [-0.39, 0.29) is 18.3 Å². The number of carbonyl (C=O) groups excluding carboxylic acids is 2. The van der Waals surface area contributed by atoms with Gasteiger partial charge in [-0.1, -0.05) is 29.8 Å². The molecule has 0 saturated carbocycles. The van der Waals surface area contributed by atoms with Gasteiger partial charge in [0.1, 0.15) is 0 Å². The first-order chi connectivity index (χ1) is 12.1. The molecule has 0 fully saturated rings. The molecular formula is C20H31NO4. The van der Waals surface area contributed by atoms with E-state index in [9.17, 15) is 9.59 Å². The Morgan fingerprint density at radius 3 is 2.36 bits per heavy atom. The molecule has 0 atom stereocenters. The average Bonchev–Trinajstić information content (AvgIpc) is 2.60. The largest absolute Gasteiger partial charge is 0.466 e. The predicted molar refractivity (Wildman–Crippen MR) is 98.4 cm³/mol. The van der Waals surface area contributed by atoms with Crippen LogP contribution in [0.1, 0.15) is 44.2 Å². The first-order valence-electron chi connectivity index (χ1n) is 9.13. The van der Waals surface area contributed by atoms with Gasteiger partial charge in [0.2, 0.25) is 5.91 Å². The second-order valence-electron chi connectivity index (χ2n) is 5.97. The van der Waals surface area contributed by atoms with E-state index in [1.54, 1.807) is 11.8 Å². The van der Waals surface area contributed by atoms with E-state index in [1.807, 2.05) is 13.8 Å². The van der Waals surface area contributed by atoms with Crippen LogP contribution in [0.2, 0.25) is 0 Å². The molecule has 0 N–H and O–H groups in total. The summed E-state index contributed by atoms with van der Waals surface area (Å²) in [5, 5.41) is 0. The van der Waals surface area contributed by atoms with Gasteiger partial charge in [-0.2, -0.15) is 0 Å². The molecule has 1 rings (SSSR count). The topological polar surface area (TPSA) is 55.8 Å². The SMILES string of the molecule is CCOCCCN(CCC(=O)OCC)C(=O)CCc1ccc(C)cc1. The number of rotatable bonds is 12. The summed E-state index contributed by atoms with van der Waals surface area (Å²) >= 11 is 0. The van der Waals surface area contributed by atoms with Crippen molar-refractivity contribution in [2.45, 2.75) is 46.5 Å². The third kappa shape index (κ3) is 9.25. The minimum absolute atomic E-state index is 0.0707. The first-order valence-corrected chi connectivity index (χ1v) is 9.13. The summed E-state index contributed by atoms with van der Waals surface area (Å²) in [6.45, 7) is 8.44. The molecule has 0 bridgehead atoms. The highest BCUT2D eigenvalue weighted by molar-refractivity contribution is 5.77. The Hall–Kier alpha value is -1.88. The summed E-state index contributed by atoms with van der Waals surface area (Å²) in [5.41, 5.74) is 2.36. The summed E-state index contributed by atoms with van der Waals surface area (Å²) in [5.74, 6) is -0.190. The lowest BCUT2D eigenvalue weighted by atomic mass is 10.1. The normalized spacial score (nSPS) is 10.5. The maximum Gasteiger partial charge on any atom is 0.307 e. The Morgan fingerprint density at radius 2 is 1.72 bits per heavy atom. The Balaban J connectivity index is 2.50. The molecule has 1 aromatic carbocycles. The Morgan fingerprint density at radius 1 is 1.00 bits per heavy atom. The molecule has 1 amide bonds. The quantitative estimate of drug-likeness (QED) is 0.430. The lowest BCUT2D eigenvalue weighted by molar-refractivity contribution is -0.144. The van der Waals surface area contributed by atoms with E-state index in [4.69, 9.17) is 9.47 Å². The summed E-state index contributed by atoms with van der Waals surface area (Å²) in [6.07, 6.45) is 2.16. The molecule has 0 aliphatic heterocycles. The zero-order valence-electron chi connectivity index (χ0n) is 15.8. The molecule has 0 aliphatic rings. The van der Waals surface area contributed by atoms with Crippen molar-refractivity contribution in [2.24, 2.45) is 0 Å². The van der Waals surface area contributed by atoms with Gasteiger partial charge in [-0.05, 0) is 39.2 Å². The van der Waals surface area contributed by atoms with Crippen molar-refractivity contribution in [1.29, 1.82) is 0 Å². The van der Waals surface area contributed by atoms with Crippen LogP contribution in [-0.2, 0) is 25.5 Å². The van der Waals surface area contributed by atoms with Crippen molar-refractivity contribution in [1.82, 2.24) is 4.90 Å². The monoisotopic (exact) mass is 349 g/mol. The highest BCUT2D eigenvalue weighted by Gasteiger charge is 2.15. The van der Waals surface area contributed by atoms with Crippen molar-refractivity contribution >= 4 is 11.9 Å². The van der Waals surface area contributed by atoms with Gasteiger partial charge in [0, 0.05) is 32.7 Å². The van der Waals surface area contributed by atoms with Gasteiger partial charge < -0.3 is 14.4 Å². The van der Waals surface area contributed by atoms with Gasteiger partial charge in [0.25, 0.3) is 0 Å². The lowest BCUT2D eigenvalue weighted by Gasteiger charge is -2.22. The molecule has 0 heterocycles. The van der Waals surface area contributed by atoms with Crippen LogP contribution in [0.5, 0.6) is 0 Å². The van der Waals surface area contributed by atoms with Crippen LogP contribution < -0.4 is 0 Å². The van der Waals surface area contributed by atoms with E-state index in [2.05, 4.69) is 24.3 Å². The van der Waals surface area contributed by atoms with Gasteiger partial charge >= 0.3 is 5.97 Å². The van der Waals surface area contributed by atoms with Gasteiger partial charge in [0.05, 0.1) is 13.0 Å². The fourth-order valence-electron chi connectivity index (χ4n) is 2.49. The second kappa shape index (κ2) is 12.5. The highest BCUT2D eigenvalue weighted by Crippen LogP contribution is 2.08. The zero-order chi connectivity index (χ0) is 18.5. The number of carbonyl (C=O) groups is 2. The van der Waals surface area contributed by atoms with E-state index < -0.39 is 0 Å². The molecule has 5 nitrogen and oxygen atoms in total. The zero-order valence-corrected chi connectivity index (χ0v) is 15.8. The third-order valence-electron chi connectivity index (χ3n) is 3.91. The minimum Gasteiger partial charge on any atom is -0.466 e.